The Labute approximate surface area is 536 Å². The van der Waals surface area contributed by atoms with Crippen molar-refractivity contribution in [2.45, 2.75) is 16.8 Å². The number of hydrogen-bond donors (Lipinski definition) is 6. The third-order valence-electron chi connectivity index (χ3n) is 14.7. The van der Waals surface area contributed by atoms with Gasteiger partial charge in [-0.25, -0.2) is 14.4 Å². The summed E-state index contributed by atoms with van der Waals surface area (Å²) < 4.78 is 35.3. The predicted molar refractivity (Wildman–Crippen MR) is 317 cm³/mol. The van der Waals surface area contributed by atoms with Crippen LogP contribution in [0, 0.1) is 0 Å². The van der Waals surface area contributed by atoms with Gasteiger partial charge in [-0.2, -0.15) is 0 Å². The molecule has 0 amide bonds. The molecule has 15 nitrogen and oxygen atoms in total. The molecule has 0 aromatic heterocycles. The summed E-state index contributed by atoms with van der Waals surface area (Å²) >= 11 is 42.3. The number of hydrogen-bond acceptors (Lipinski definition) is 15. The second kappa shape index (κ2) is 22.0. The van der Waals surface area contributed by atoms with Crippen molar-refractivity contribution in [1.29, 1.82) is 0 Å². The van der Waals surface area contributed by atoms with Crippen molar-refractivity contribution in [3.8, 4) is 69.0 Å². The molecule has 3 spiro atoms. The topological polar surface area (TPSA) is 228 Å². The Balaban J connectivity index is 0.000000123. The number of benzene rings is 9. The van der Waals surface area contributed by atoms with E-state index >= 15 is 0 Å². The van der Waals surface area contributed by atoms with Crippen LogP contribution in [-0.2, 0) is 42.2 Å². The summed E-state index contributed by atoms with van der Waals surface area (Å²) in [5.41, 5.74) is 1.34. The number of rotatable bonds is 0. The van der Waals surface area contributed by atoms with Gasteiger partial charge < -0.3 is 59.1 Å². The SMILES string of the molecule is O=C1OC2(c3ccc(O)cc3Oc3cc(O)ccc32)c2ccccc21.O=C1OC2(c3ccccc31)c1cc(Cl)c(O)c(Cl)c1Oc1c2cc(Cl)c(O)c1Cl.O=C1OC2(c3ccccc31)c1ccc(O)c(Cl)c1Oc1c2cc(Cl)c(O)c1Cl.[Cl][Fe]([Cl])[Cl]. The Morgan fingerprint density at radius 2 is 0.640 bits per heavy atom. The maximum absolute atomic E-state index is 12.7. The van der Waals surface area contributed by atoms with E-state index in [-0.39, 0.29) is 92.3 Å². The van der Waals surface area contributed by atoms with E-state index in [1.165, 1.54) is 48.5 Å². The van der Waals surface area contributed by atoms with Gasteiger partial charge in [0.2, 0.25) is 0 Å². The summed E-state index contributed by atoms with van der Waals surface area (Å²) in [6.45, 7) is 0. The van der Waals surface area contributed by atoms with Gasteiger partial charge in [0, 0.05) is 45.5 Å². The molecule has 26 heteroatoms. The van der Waals surface area contributed by atoms with Crippen LogP contribution in [0.5, 0.6) is 69.0 Å². The first-order chi connectivity index (χ1) is 41.0. The number of carbonyl (C=O) groups is 3. The van der Waals surface area contributed by atoms with Crippen molar-refractivity contribution < 1.29 is 84.6 Å². The minimum atomic E-state index is -1.54. The molecule has 86 heavy (non-hydrogen) atoms. The minimum absolute atomic E-state index is 0.00538. The molecule has 437 valence electrons. The average Bonchev–Trinajstić information content (AvgIpc) is 1.43. The number of fused-ring (bicyclic) bond motifs is 18. The predicted octanol–water partition coefficient (Wildman–Crippen LogP) is 17.6. The van der Waals surface area contributed by atoms with E-state index in [1.54, 1.807) is 78.9 Å². The molecule has 0 fully saturated rings. The first-order valence-corrected chi connectivity index (χ1v) is 31.7. The molecule has 0 bridgehead atoms. The fraction of sp³-hybridized carbons (Fsp3) is 0.0500. The number of carbonyl (C=O) groups excluding carboxylic acids is 3. The molecule has 15 rings (SSSR count). The van der Waals surface area contributed by atoms with Crippen LogP contribution in [-0.4, -0.2) is 48.5 Å². The fourth-order valence-corrected chi connectivity index (χ4v) is 12.8. The second-order valence-electron chi connectivity index (χ2n) is 19.1. The van der Waals surface area contributed by atoms with Gasteiger partial charge in [-0.05, 0) is 72.8 Å². The second-order valence-corrected chi connectivity index (χ2v) is 27.3. The van der Waals surface area contributed by atoms with Gasteiger partial charge >= 0.3 is 59.4 Å². The monoisotopic (exact) mass is 1390 g/mol. The van der Waals surface area contributed by atoms with Crippen LogP contribution in [0.2, 0.25) is 35.2 Å². The standard InChI is InChI=1S/C20H8Cl4O5.C20H9Cl3O5.C20H12O5.3ClH.Fe/c21-11-5-9-17(13(23)15(11)25)28-18-10(6-12(22)16(26)14(18)24)20(9)8-4-2-1-3-7(8)19(27)29-20;21-12-7-11-18(15(23)16(12)25)27-17-10(5-6-13(24)14(17)22)20(11)9-4-2-1-3-8(9)19(26)28-20;21-11-5-7-15-17(9-11)24-18-10-12(22)6-8-16(18)20(15)14-4-2-1-3-13(14)19(23)25-20;;;;/h1-6,25-26H;1-7,24-25H;1-10,21-22H;3*1H;/q;;;;;;+3/p-3. The van der Waals surface area contributed by atoms with E-state index in [2.05, 4.69) is 0 Å². The van der Waals surface area contributed by atoms with E-state index < -0.39 is 57.4 Å². The van der Waals surface area contributed by atoms with E-state index in [0.29, 0.717) is 67.1 Å². The van der Waals surface area contributed by atoms with Gasteiger partial charge in [0.25, 0.3) is 0 Å². The van der Waals surface area contributed by atoms with Crippen molar-refractivity contribution in [3.63, 3.8) is 0 Å². The molecule has 0 saturated heterocycles. The Morgan fingerprint density at radius 3 is 1.00 bits per heavy atom. The van der Waals surface area contributed by atoms with Crippen LogP contribution in [0.15, 0.2) is 140 Å². The van der Waals surface area contributed by atoms with E-state index in [0.717, 1.165) is 0 Å². The molecular weight excluding hydrogens is 1370 g/mol. The number of phenols is 6. The zero-order valence-corrected chi connectivity index (χ0v) is 50.9. The van der Waals surface area contributed by atoms with Gasteiger partial charge in [0.15, 0.2) is 57.0 Å². The summed E-state index contributed by atoms with van der Waals surface area (Å²) in [4.78, 5) is 38.0. The number of halogens is 10. The quantitative estimate of drug-likeness (QED) is 0.0471. The van der Waals surface area contributed by atoms with Crippen molar-refractivity contribution in [2.24, 2.45) is 0 Å². The van der Waals surface area contributed by atoms with Crippen molar-refractivity contribution in [3.05, 3.63) is 241 Å². The molecule has 6 aliphatic heterocycles. The van der Waals surface area contributed by atoms with Gasteiger partial charge in [-0.1, -0.05) is 136 Å². The molecule has 1 unspecified atom stereocenters. The van der Waals surface area contributed by atoms with Gasteiger partial charge in [0.05, 0.1) is 48.4 Å². The van der Waals surface area contributed by atoms with Gasteiger partial charge in [0.1, 0.15) is 48.8 Å². The Kier molecular flexibility index (Phi) is 15.2. The van der Waals surface area contributed by atoms with Crippen LogP contribution < -0.4 is 14.2 Å². The summed E-state index contributed by atoms with van der Waals surface area (Å²) in [5, 5.41) is 59.5. The first kappa shape index (κ1) is 59.3. The summed E-state index contributed by atoms with van der Waals surface area (Å²) in [6.07, 6.45) is 0. The maximum atomic E-state index is 12.7. The molecule has 6 heterocycles. The van der Waals surface area contributed by atoms with Crippen molar-refractivity contribution in [2.75, 3.05) is 0 Å². The molecule has 0 saturated carbocycles. The van der Waals surface area contributed by atoms with Crippen LogP contribution in [0.1, 0.15) is 81.1 Å². The van der Waals surface area contributed by atoms with Gasteiger partial charge in [-0.3, -0.25) is 0 Å². The summed E-state index contributed by atoms with van der Waals surface area (Å²) in [5.74, 6) is -2.03. The normalized spacial score (nSPS) is 16.4. The van der Waals surface area contributed by atoms with E-state index in [1.807, 2.05) is 12.1 Å². The van der Waals surface area contributed by atoms with Crippen LogP contribution in [0.4, 0.5) is 0 Å². The zero-order valence-electron chi connectivity index (χ0n) is 42.3. The molecule has 6 aliphatic rings. The van der Waals surface area contributed by atoms with E-state index in [9.17, 15) is 45.0 Å². The molecule has 6 N–H and O–H groups in total. The number of esters is 3. The summed E-state index contributed by atoms with van der Waals surface area (Å²) in [7, 11) is 14.7. The molecule has 9 aromatic carbocycles. The van der Waals surface area contributed by atoms with Crippen molar-refractivity contribution >= 4 is 129 Å². The molecule has 0 aliphatic carbocycles. The third kappa shape index (κ3) is 9.03. The van der Waals surface area contributed by atoms with Gasteiger partial charge in [-0.15, -0.1) is 0 Å². The van der Waals surface area contributed by atoms with E-state index in [4.69, 9.17) is 140 Å². The number of aromatic hydroxyl groups is 6. The number of phenolic OH excluding ortho intramolecular Hbond substituents is 6. The average molecular weight is 1400 g/mol. The molecule has 0 radical (unpaired) electrons. The first-order valence-electron chi connectivity index (χ1n) is 24.5. The summed E-state index contributed by atoms with van der Waals surface area (Å²) in [6, 6.07) is 37.4. The van der Waals surface area contributed by atoms with Crippen molar-refractivity contribution in [1.82, 2.24) is 0 Å². The van der Waals surface area contributed by atoms with Crippen LogP contribution in [0.25, 0.3) is 0 Å². The van der Waals surface area contributed by atoms with Crippen LogP contribution >= 0.6 is 112 Å². The van der Waals surface area contributed by atoms with Crippen LogP contribution in [0.3, 0.4) is 0 Å². The zero-order chi connectivity index (χ0) is 61.2. The molecule has 9 aromatic rings. The Morgan fingerprint density at radius 1 is 0.337 bits per heavy atom. The Hall–Kier alpha value is -6.99. The fourth-order valence-electron chi connectivity index (χ4n) is 11.2. The Bertz CT molecular complexity index is 4350. The third-order valence-corrected chi connectivity index (χ3v) is 17.0. The molecule has 1 atom stereocenters. The molecular formula is C60H29Cl10FeO15. The number of ether oxygens (including phenoxy) is 6.